The van der Waals surface area contributed by atoms with Gasteiger partial charge in [-0.15, -0.1) is 0 Å². The lowest BCUT2D eigenvalue weighted by Gasteiger charge is -2.07. The van der Waals surface area contributed by atoms with Gasteiger partial charge in [0.25, 0.3) is 0 Å². The summed E-state index contributed by atoms with van der Waals surface area (Å²) in [6, 6.07) is 14.4. The summed E-state index contributed by atoms with van der Waals surface area (Å²) in [6.45, 7) is 6.47. The fraction of sp³-hybridized carbons (Fsp3) is 0.421. The number of likely N-dealkylation sites (tertiary alicyclic amines) is 1. The molecule has 1 saturated heterocycles. The molecule has 0 bridgehead atoms. The molecule has 0 saturated carbocycles. The molecule has 1 atom stereocenters. The molecule has 3 heteroatoms. The Morgan fingerprint density at radius 2 is 1.82 bits per heavy atom. The smallest absolute Gasteiger partial charge is 0.150 e. The number of fused-ring (bicyclic) bond motifs is 1. The van der Waals surface area contributed by atoms with Gasteiger partial charge in [-0.05, 0) is 43.9 Å². The van der Waals surface area contributed by atoms with Crippen molar-refractivity contribution in [2.75, 3.05) is 27.2 Å². The average Bonchev–Trinajstić information content (AvgIpc) is 3.02. The molecule has 120 valence electrons. The number of nitrogens with zero attached hydrogens (tertiary/aromatic N) is 1. The van der Waals surface area contributed by atoms with Gasteiger partial charge < -0.3 is 10.2 Å². The summed E-state index contributed by atoms with van der Waals surface area (Å²) in [6.07, 6.45) is 2.18. The van der Waals surface area contributed by atoms with Crippen LogP contribution in [0.25, 0.3) is 10.8 Å². The molecule has 1 fully saturated rings. The molecule has 3 rings (SSSR count). The minimum atomic E-state index is 0.730. The molecule has 2 aromatic rings. The fourth-order valence-corrected chi connectivity index (χ4v) is 2.45. The molecule has 1 heterocycles. The maximum absolute atomic E-state index is 10.5. The van der Waals surface area contributed by atoms with Crippen molar-refractivity contribution in [2.24, 2.45) is 0 Å². The summed E-state index contributed by atoms with van der Waals surface area (Å²) in [7, 11) is 4.20. The number of likely N-dealkylation sites (N-methyl/N-ethyl adjacent to an activating group) is 2. The molecule has 0 aromatic heterocycles. The lowest BCUT2D eigenvalue weighted by Crippen LogP contribution is -2.27. The molecule has 1 N–H and O–H groups in total. The summed E-state index contributed by atoms with van der Waals surface area (Å²) < 4.78 is 0. The Kier molecular flexibility index (Phi) is 8.41. The Bertz CT molecular complexity index is 568. The van der Waals surface area contributed by atoms with Gasteiger partial charge in [0.1, 0.15) is 6.29 Å². The Hall–Kier alpha value is -1.71. The number of hydrogen-bond donors (Lipinski definition) is 1. The summed E-state index contributed by atoms with van der Waals surface area (Å²) in [5.74, 6) is 0. The van der Waals surface area contributed by atoms with Gasteiger partial charge in [0.15, 0.2) is 0 Å². The molecule has 1 unspecified atom stereocenters. The van der Waals surface area contributed by atoms with Crippen molar-refractivity contribution in [1.82, 2.24) is 10.2 Å². The van der Waals surface area contributed by atoms with Gasteiger partial charge in [0.2, 0.25) is 0 Å². The number of aldehydes is 1. The zero-order valence-corrected chi connectivity index (χ0v) is 14.2. The third-order valence-corrected chi connectivity index (χ3v) is 3.71. The first-order chi connectivity index (χ1) is 10.7. The molecule has 0 aliphatic carbocycles. The molecule has 0 spiro atoms. The fourth-order valence-electron chi connectivity index (χ4n) is 2.45. The molecule has 22 heavy (non-hydrogen) atoms. The summed E-state index contributed by atoms with van der Waals surface area (Å²) in [4.78, 5) is 12.8. The second-order valence-corrected chi connectivity index (χ2v) is 5.26. The molecule has 2 aromatic carbocycles. The summed E-state index contributed by atoms with van der Waals surface area (Å²) >= 11 is 0. The van der Waals surface area contributed by atoms with E-state index < -0.39 is 0 Å². The molecular weight excluding hydrogens is 272 g/mol. The van der Waals surface area contributed by atoms with Crippen LogP contribution in [-0.2, 0) is 0 Å². The van der Waals surface area contributed by atoms with Crippen LogP contribution < -0.4 is 5.32 Å². The predicted octanol–water partition coefficient (Wildman–Crippen LogP) is 3.59. The van der Waals surface area contributed by atoms with Gasteiger partial charge in [-0.3, -0.25) is 4.79 Å². The zero-order valence-electron chi connectivity index (χ0n) is 14.2. The van der Waals surface area contributed by atoms with Gasteiger partial charge in [-0.2, -0.15) is 0 Å². The minimum Gasteiger partial charge on any atom is -0.316 e. The topological polar surface area (TPSA) is 32.3 Å². The van der Waals surface area contributed by atoms with Crippen molar-refractivity contribution in [3.8, 4) is 0 Å². The van der Waals surface area contributed by atoms with Crippen LogP contribution in [0.2, 0.25) is 0 Å². The third-order valence-electron chi connectivity index (χ3n) is 3.71. The largest absolute Gasteiger partial charge is 0.316 e. The van der Waals surface area contributed by atoms with Crippen molar-refractivity contribution < 1.29 is 4.79 Å². The standard InChI is InChI=1S/C11H8O.C6H14N2.C2H6/c12-8-9-5-6-10-3-1-2-4-11(10)7-9;1-7-6-3-4-8(2)5-6;1-2/h1-8H;6-7H,3-5H2,1-2H3;1-2H3. The van der Waals surface area contributed by atoms with Crippen LogP contribution in [0, 0.1) is 0 Å². The molecule has 1 aliphatic heterocycles. The number of nitrogens with one attached hydrogen (secondary N) is 1. The number of benzene rings is 2. The molecule has 1 aliphatic rings. The van der Waals surface area contributed by atoms with Crippen LogP contribution >= 0.6 is 0 Å². The van der Waals surface area contributed by atoms with E-state index in [4.69, 9.17) is 0 Å². The van der Waals surface area contributed by atoms with Crippen LogP contribution in [0.3, 0.4) is 0 Å². The first-order valence-electron chi connectivity index (χ1n) is 8.02. The lowest BCUT2D eigenvalue weighted by molar-refractivity contribution is 0.112. The zero-order chi connectivity index (χ0) is 16.4. The highest BCUT2D eigenvalue weighted by Gasteiger charge is 2.16. The van der Waals surface area contributed by atoms with Crippen LogP contribution in [0.15, 0.2) is 42.5 Å². The molecule has 0 radical (unpaired) electrons. The number of rotatable bonds is 2. The molecule has 0 amide bonds. The van der Waals surface area contributed by atoms with Gasteiger partial charge in [-0.1, -0.05) is 50.2 Å². The van der Waals surface area contributed by atoms with Gasteiger partial charge in [0, 0.05) is 18.2 Å². The normalized spacial score (nSPS) is 17.2. The Morgan fingerprint density at radius 1 is 1.14 bits per heavy atom. The quantitative estimate of drug-likeness (QED) is 0.860. The number of carbonyl (C=O) groups excluding carboxylic acids is 1. The van der Waals surface area contributed by atoms with Crippen molar-refractivity contribution in [3.63, 3.8) is 0 Å². The van der Waals surface area contributed by atoms with E-state index in [-0.39, 0.29) is 0 Å². The Balaban J connectivity index is 0.000000211. The first-order valence-corrected chi connectivity index (χ1v) is 8.02. The molecular formula is C19H28N2O. The van der Waals surface area contributed by atoms with E-state index in [9.17, 15) is 4.79 Å². The van der Waals surface area contributed by atoms with Crippen molar-refractivity contribution in [2.45, 2.75) is 26.3 Å². The van der Waals surface area contributed by atoms with E-state index in [1.165, 1.54) is 24.9 Å². The second kappa shape index (κ2) is 10.1. The third kappa shape index (κ3) is 5.58. The summed E-state index contributed by atoms with van der Waals surface area (Å²) in [5.41, 5.74) is 0.730. The van der Waals surface area contributed by atoms with Crippen molar-refractivity contribution in [1.29, 1.82) is 0 Å². The monoisotopic (exact) mass is 300 g/mol. The highest BCUT2D eigenvalue weighted by Crippen LogP contribution is 2.14. The van der Waals surface area contributed by atoms with Gasteiger partial charge in [0.05, 0.1) is 0 Å². The van der Waals surface area contributed by atoms with Crippen LogP contribution in [0.4, 0.5) is 0 Å². The van der Waals surface area contributed by atoms with Crippen molar-refractivity contribution >= 4 is 17.1 Å². The number of hydrogen-bond acceptors (Lipinski definition) is 3. The van der Waals surface area contributed by atoms with Crippen LogP contribution in [0.1, 0.15) is 30.6 Å². The Morgan fingerprint density at radius 3 is 2.32 bits per heavy atom. The lowest BCUT2D eigenvalue weighted by atomic mass is 10.1. The first kappa shape index (κ1) is 18.3. The van der Waals surface area contributed by atoms with E-state index in [2.05, 4.69) is 17.3 Å². The SMILES string of the molecule is CC.CNC1CCN(C)C1.O=Cc1ccc2ccccc2c1. The number of carbonyl (C=O) groups is 1. The maximum Gasteiger partial charge on any atom is 0.150 e. The average molecular weight is 300 g/mol. The van der Waals surface area contributed by atoms with E-state index >= 15 is 0 Å². The second-order valence-electron chi connectivity index (χ2n) is 5.26. The van der Waals surface area contributed by atoms with Crippen molar-refractivity contribution in [3.05, 3.63) is 48.0 Å². The van der Waals surface area contributed by atoms with Crippen LogP contribution in [-0.4, -0.2) is 44.4 Å². The minimum absolute atomic E-state index is 0.730. The summed E-state index contributed by atoms with van der Waals surface area (Å²) in [5, 5.41) is 5.54. The predicted molar refractivity (Wildman–Crippen MR) is 95.6 cm³/mol. The molecule has 3 nitrogen and oxygen atoms in total. The van der Waals surface area contributed by atoms with Gasteiger partial charge >= 0.3 is 0 Å². The van der Waals surface area contributed by atoms with E-state index in [1.807, 2.05) is 63.4 Å². The van der Waals surface area contributed by atoms with Crippen LogP contribution in [0.5, 0.6) is 0 Å². The maximum atomic E-state index is 10.5. The highest BCUT2D eigenvalue weighted by atomic mass is 16.1. The van der Waals surface area contributed by atoms with E-state index in [0.717, 1.165) is 23.3 Å². The highest BCUT2D eigenvalue weighted by molar-refractivity contribution is 5.88. The van der Waals surface area contributed by atoms with Gasteiger partial charge in [-0.25, -0.2) is 0 Å². The Labute approximate surface area is 134 Å². The van der Waals surface area contributed by atoms with E-state index in [1.54, 1.807) is 0 Å². The van der Waals surface area contributed by atoms with E-state index in [0.29, 0.717) is 0 Å².